The average Bonchev–Trinajstić information content (AvgIpc) is 2.52. The third kappa shape index (κ3) is 1.51. The summed E-state index contributed by atoms with van der Waals surface area (Å²) in [5.41, 5.74) is 12.1. The van der Waals surface area contributed by atoms with E-state index in [2.05, 4.69) is 37.0 Å². The Balaban J connectivity index is 2.58. The zero-order valence-electron chi connectivity index (χ0n) is 8.24. The first-order valence-corrected chi connectivity index (χ1v) is 5.33. The molecule has 1 heterocycles. The highest BCUT2D eigenvalue weighted by Gasteiger charge is 2.07. The van der Waals surface area contributed by atoms with Crippen LogP contribution >= 0.6 is 11.3 Å². The summed E-state index contributed by atoms with van der Waals surface area (Å²) in [6.45, 7) is 4.17. The first kappa shape index (κ1) is 9.21. The number of anilines is 1. The SMILES string of the molecule is Cc1ccc(-c2ncsc2N)c(C)c1. The maximum absolute atomic E-state index is 5.84. The molecule has 14 heavy (non-hydrogen) atoms. The lowest BCUT2D eigenvalue weighted by Gasteiger charge is -2.04. The molecule has 0 spiro atoms. The Bertz CT molecular complexity index is 460. The van der Waals surface area contributed by atoms with E-state index in [4.69, 9.17) is 5.73 Å². The normalized spacial score (nSPS) is 10.4. The van der Waals surface area contributed by atoms with Gasteiger partial charge in [0.15, 0.2) is 0 Å². The van der Waals surface area contributed by atoms with Crippen LogP contribution in [0.4, 0.5) is 5.00 Å². The Hall–Kier alpha value is -1.35. The van der Waals surface area contributed by atoms with Crippen molar-refractivity contribution in [1.29, 1.82) is 0 Å². The number of nitrogens with two attached hydrogens (primary N) is 1. The number of thiazole rings is 1. The molecule has 0 fully saturated rings. The van der Waals surface area contributed by atoms with Crippen LogP contribution in [0.2, 0.25) is 0 Å². The van der Waals surface area contributed by atoms with E-state index in [9.17, 15) is 0 Å². The molecule has 0 atom stereocenters. The Kier molecular flexibility index (Phi) is 2.25. The summed E-state index contributed by atoms with van der Waals surface area (Å²) in [6, 6.07) is 6.31. The van der Waals surface area contributed by atoms with E-state index in [0.29, 0.717) is 0 Å². The van der Waals surface area contributed by atoms with Gasteiger partial charge in [0.1, 0.15) is 10.7 Å². The zero-order valence-corrected chi connectivity index (χ0v) is 9.06. The highest BCUT2D eigenvalue weighted by molar-refractivity contribution is 7.14. The fourth-order valence-electron chi connectivity index (χ4n) is 1.54. The average molecular weight is 204 g/mol. The van der Waals surface area contributed by atoms with Crippen LogP contribution < -0.4 is 5.73 Å². The highest BCUT2D eigenvalue weighted by atomic mass is 32.1. The van der Waals surface area contributed by atoms with Crippen molar-refractivity contribution in [2.75, 3.05) is 5.73 Å². The molecule has 2 aromatic rings. The van der Waals surface area contributed by atoms with E-state index in [1.165, 1.54) is 22.5 Å². The molecule has 0 aliphatic rings. The van der Waals surface area contributed by atoms with Crippen molar-refractivity contribution in [3.05, 3.63) is 34.8 Å². The van der Waals surface area contributed by atoms with Gasteiger partial charge in [-0.1, -0.05) is 23.8 Å². The van der Waals surface area contributed by atoms with Gasteiger partial charge in [-0.2, -0.15) is 0 Å². The number of rotatable bonds is 1. The van der Waals surface area contributed by atoms with Gasteiger partial charge in [0, 0.05) is 5.56 Å². The molecular weight excluding hydrogens is 192 g/mol. The third-order valence-corrected chi connectivity index (χ3v) is 2.89. The van der Waals surface area contributed by atoms with Crippen molar-refractivity contribution in [3.63, 3.8) is 0 Å². The molecule has 0 bridgehead atoms. The van der Waals surface area contributed by atoms with E-state index in [-0.39, 0.29) is 0 Å². The monoisotopic (exact) mass is 204 g/mol. The zero-order chi connectivity index (χ0) is 10.1. The Morgan fingerprint density at radius 3 is 2.64 bits per heavy atom. The first-order valence-electron chi connectivity index (χ1n) is 4.45. The number of aryl methyl sites for hydroxylation is 2. The van der Waals surface area contributed by atoms with Crippen molar-refractivity contribution in [1.82, 2.24) is 4.98 Å². The summed E-state index contributed by atoms with van der Waals surface area (Å²) in [6.07, 6.45) is 0. The van der Waals surface area contributed by atoms with Gasteiger partial charge >= 0.3 is 0 Å². The fraction of sp³-hybridized carbons (Fsp3) is 0.182. The van der Waals surface area contributed by atoms with Crippen LogP contribution in [0.5, 0.6) is 0 Å². The minimum atomic E-state index is 0.789. The third-order valence-electron chi connectivity index (χ3n) is 2.23. The van der Waals surface area contributed by atoms with E-state index in [1.54, 1.807) is 5.51 Å². The van der Waals surface area contributed by atoms with Gasteiger partial charge in [0.25, 0.3) is 0 Å². The number of hydrogen-bond donors (Lipinski definition) is 1. The predicted octanol–water partition coefficient (Wildman–Crippen LogP) is 3.01. The van der Waals surface area contributed by atoms with Gasteiger partial charge in [0.05, 0.1) is 5.51 Å². The Morgan fingerprint density at radius 2 is 2.07 bits per heavy atom. The number of benzene rings is 1. The van der Waals surface area contributed by atoms with Crippen molar-refractivity contribution in [2.24, 2.45) is 0 Å². The second-order valence-electron chi connectivity index (χ2n) is 3.38. The smallest absolute Gasteiger partial charge is 0.114 e. The van der Waals surface area contributed by atoms with Crippen LogP contribution in [0.3, 0.4) is 0 Å². The summed E-state index contributed by atoms with van der Waals surface area (Å²) in [5.74, 6) is 0. The maximum Gasteiger partial charge on any atom is 0.114 e. The minimum Gasteiger partial charge on any atom is -0.389 e. The maximum atomic E-state index is 5.84. The molecule has 1 aromatic carbocycles. The van der Waals surface area contributed by atoms with E-state index in [1.807, 2.05) is 0 Å². The van der Waals surface area contributed by atoms with Crippen LogP contribution in [-0.2, 0) is 0 Å². The number of hydrogen-bond acceptors (Lipinski definition) is 3. The lowest BCUT2D eigenvalue weighted by molar-refractivity contribution is 1.34. The van der Waals surface area contributed by atoms with Gasteiger partial charge in [-0.3, -0.25) is 0 Å². The molecule has 1 aromatic heterocycles. The molecule has 0 aliphatic heterocycles. The highest BCUT2D eigenvalue weighted by Crippen LogP contribution is 2.30. The lowest BCUT2D eigenvalue weighted by Crippen LogP contribution is -1.89. The molecular formula is C11H12N2S. The van der Waals surface area contributed by atoms with Crippen LogP contribution in [0.25, 0.3) is 11.3 Å². The van der Waals surface area contributed by atoms with Crippen LogP contribution in [0, 0.1) is 13.8 Å². The molecule has 0 aliphatic carbocycles. The molecule has 2 N–H and O–H groups in total. The van der Waals surface area contributed by atoms with E-state index >= 15 is 0 Å². The van der Waals surface area contributed by atoms with Gasteiger partial charge in [-0.15, -0.1) is 11.3 Å². The fourth-order valence-corrected chi connectivity index (χ4v) is 2.08. The van der Waals surface area contributed by atoms with Gasteiger partial charge in [0.2, 0.25) is 0 Å². The molecule has 0 saturated heterocycles. The molecule has 0 radical (unpaired) electrons. The van der Waals surface area contributed by atoms with Gasteiger partial charge in [-0.05, 0) is 19.4 Å². The summed E-state index contributed by atoms with van der Waals surface area (Å²) >= 11 is 1.48. The quantitative estimate of drug-likeness (QED) is 0.775. The Morgan fingerprint density at radius 1 is 1.29 bits per heavy atom. The first-order chi connectivity index (χ1) is 6.68. The summed E-state index contributed by atoms with van der Waals surface area (Å²) < 4.78 is 0. The molecule has 0 saturated carbocycles. The molecule has 72 valence electrons. The van der Waals surface area contributed by atoms with Crippen molar-refractivity contribution in [2.45, 2.75) is 13.8 Å². The number of nitrogens with zero attached hydrogens (tertiary/aromatic N) is 1. The van der Waals surface area contributed by atoms with Crippen molar-refractivity contribution >= 4 is 16.3 Å². The second kappa shape index (κ2) is 3.42. The summed E-state index contributed by atoms with van der Waals surface area (Å²) in [4.78, 5) is 4.27. The largest absolute Gasteiger partial charge is 0.389 e. The molecule has 3 heteroatoms. The lowest BCUT2D eigenvalue weighted by atomic mass is 10.0. The van der Waals surface area contributed by atoms with E-state index in [0.717, 1.165) is 16.3 Å². The Labute approximate surface area is 87.4 Å². The van der Waals surface area contributed by atoms with Crippen LogP contribution in [0.15, 0.2) is 23.7 Å². The topological polar surface area (TPSA) is 38.9 Å². The number of aromatic nitrogens is 1. The molecule has 2 rings (SSSR count). The molecule has 0 amide bonds. The van der Waals surface area contributed by atoms with Crippen LogP contribution in [-0.4, -0.2) is 4.98 Å². The van der Waals surface area contributed by atoms with E-state index < -0.39 is 0 Å². The van der Waals surface area contributed by atoms with Crippen molar-refractivity contribution in [3.8, 4) is 11.3 Å². The molecule has 0 unspecified atom stereocenters. The number of nitrogen functional groups attached to an aromatic ring is 1. The van der Waals surface area contributed by atoms with Gasteiger partial charge < -0.3 is 5.73 Å². The predicted molar refractivity (Wildman–Crippen MR) is 61.4 cm³/mol. The minimum absolute atomic E-state index is 0.789. The van der Waals surface area contributed by atoms with Gasteiger partial charge in [-0.25, -0.2) is 4.98 Å². The standard InChI is InChI=1S/C11H12N2S/c1-7-3-4-9(8(2)5-7)10-11(12)14-6-13-10/h3-6H,12H2,1-2H3. The summed E-state index contributed by atoms with van der Waals surface area (Å²) in [7, 11) is 0. The second-order valence-corrected chi connectivity index (χ2v) is 4.27. The van der Waals surface area contributed by atoms with Crippen molar-refractivity contribution < 1.29 is 0 Å². The van der Waals surface area contributed by atoms with Crippen LogP contribution in [0.1, 0.15) is 11.1 Å². The summed E-state index contributed by atoms with van der Waals surface area (Å²) in [5, 5.41) is 0.789. The molecule has 2 nitrogen and oxygen atoms in total.